The Hall–Kier alpha value is -3.85. The molecule has 0 saturated heterocycles. The zero-order valence-corrected chi connectivity index (χ0v) is 17.5. The van der Waals surface area contributed by atoms with Gasteiger partial charge in [0.15, 0.2) is 0 Å². The lowest BCUT2D eigenvalue weighted by molar-refractivity contribution is 0.465. The van der Waals surface area contributed by atoms with Crippen molar-refractivity contribution in [1.82, 2.24) is 4.98 Å². The van der Waals surface area contributed by atoms with Crippen LogP contribution in [0.4, 0.5) is 0 Å². The fraction of sp³-hybridized carbons (Fsp3) is 0.107. The number of phenolic OH excluding ortho intramolecular Hbond substituents is 2. The molecule has 3 nitrogen and oxygen atoms in total. The van der Waals surface area contributed by atoms with Crippen LogP contribution in [0.25, 0.3) is 21.5 Å². The molecule has 152 valence electrons. The number of aryl methyl sites for hydroxylation is 2. The van der Waals surface area contributed by atoms with Crippen LogP contribution in [-0.4, -0.2) is 15.2 Å². The van der Waals surface area contributed by atoms with Crippen LogP contribution < -0.4 is 0 Å². The zero-order chi connectivity index (χ0) is 21.5. The zero-order valence-electron chi connectivity index (χ0n) is 17.5. The Morgan fingerprint density at radius 1 is 0.645 bits per heavy atom. The summed E-state index contributed by atoms with van der Waals surface area (Å²) >= 11 is 0. The van der Waals surface area contributed by atoms with Gasteiger partial charge in [0.1, 0.15) is 11.5 Å². The molecule has 0 spiro atoms. The largest absolute Gasteiger partial charge is 0.507 e. The first-order chi connectivity index (χ1) is 15.0. The summed E-state index contributed by atoms with van der Waals surface area (Å²) in [6.07, 6.45) is 1.84. The maximum absolute atomic E-state index is 11.3. The second-order valence-electron chi connectivity index (χ2n) is 8.07. The predicted octanol–water partition coefficient (Wildman–Crippen LogP) is 6.60. The minimum Gasteiger partial charge on any atom is -0.507 e. The lowest BCUT2D eigenvalue weighted by Gasteiger charge is -2.24. The molecule has 0 unspecified atom stereocenters. The monoisotopic (exact) mass is 405 g/mol. The van der Waals surface area contributed by atoms with Gasteiger partial charge in [-0.15, -0.1) is 0 Å². The van der Waals surface area contributed by atoms with Crippen molar-refractivity contribution in [3.63, 3.8) is 0 Å². The molecule has 2 N–H and O–H groups in total. The van der Waals surface area contributed by atoms with Gasteiger partial charge < -0.3 is 10.2 Å². The Morgan fingerprint density at radius 3 is 1.71 bits per heavy atom. The third-order valence-corrected chi connectivity index (χ3v) is 6.06. The standard InChI is InChI=1S/C28H23NO2/c1-17-15-25(18(2)29-16-17)26(23-13-11-19-7-3-5-9-21(19)27(23)30)24-14-12-20-8-4-6-10-22(20)28(24)31/h3-16,26,30-31H,1-2H3. The highest BCUT2D eigenvalue weighted by molar-refractivity contribution is 5.92. The lowest BCUT2D eigenvalue weighted by atomic mass is 9.81. The summed E-state index contributed by atoms with van der Waals surface area (Å²) in [7, 11) is 0. The van der Waals surface area contributed by atoms with Gasteiger partial charge in [-0.1, -0.05) is 78.9 Å². The average molecular weight is 405 g/mol. The number of hydrogen-bond donors (Lipinski definition) is 2. The molecule has 0 bridgehead atoms. The van der Waals surface area contributed by atoms with Crippen molar-refractivity contribution in [2.45, 2.75) is 19.8 Å². The number of benzene rings is 4. The van der Waals surface area contributed by atoms with E-state index >= 15 is 0 Å². The molecule has 0 radical (unpaired) electrons. The van der Waals surface area contributed by atoms with Crippen molar-refractivity contribution >= 4 is 21.5 Å². The molecule has 1 heterocycles. The minimum atomic E-state index is -0.360. The fourth-order valence-electron chi connectivity index (χ4n) is 4.46. The predicted molar refractivity (Wildman–Crippen MR) is 126 cm³/mol. The van der Waals surface area contributed by atoms with Crippen LogP contribution >= 0.6 is 0 Å². The maximum Gasteiger partial charge on any atom is 0.127 e. The molecule has 0 aliphatic carbocycles. The van der Waals surface area contributed by atoms with Gasteiger partial charge in [-0.3, -0.25) is 4.98 Å². The van der Waals surface area contributed by atoms with Crippen molar-refractivity contribution in [3.05, 3.63) is 113 Å². The van der Waals surface area contributed by atoms with Crippen LogP contribution in [0.5, 0.6) is 11.5 Å². The van der Waals surface area contributed by atoms with Crippen LogP contribution in [0.15, 0.2) is 85.1 Å². The van der Waals surface area contributed by atoms with E-state index in [0.717, 1.165) is 49.5 Å². The van der Waals surface area contributed by atoms with Crippen molar-refractivity contribution in [2.75, 3.05) is 0 Å². The Kier molecular flexibility index (Phi) is 4.59. The smallest absolute Gasteiger partial charge is 0.127 e. The number of rotatable bonds is 3. The number of hydrogen-bond acceptors (Lipinski definition) is 3. The topological polar surface area (TPSA) is 53.4 Å². The molecular formula is C28H23NO2. The van der Waals surface area contributed by atoms with Crippen molar-refractivity contribution in [1.29, 1.82) is 0 Å². The molecule has 0 amide bonds. The van der Waals surface area contributed by atoms with Gasteiger partial charge in [0.2, 0.25) is 0 Å². The van der Waals surface area contributed by atoms with Crippen LogP contribution in [0, 0.1) is 13.8 Å². The van der Waals surface area contributed by atoms with E-state index in [1.54, 1.807) is 0 Å². The lowest BCUT2D eigenvalue weighted by Crippen LogP contribution is -2.08. The summed E-state index contributed by atoms with van der Waals surface area (Å²) in [6, 6.07) is 25.6. The summed E-state index contributed by atoms with van der Waals surface area (Å²) in [5, 5.41) is 26.2. The van der Waals surface area contributed by atoms with E-state index in [1.165, 1.54) is 0 Å². The third kappa shape index (κ3) is 3.19. The number of pyridine rings is 1. The van der Waals surface area contributed by atoms with Gasteiger partial charge in [0, 0.05) is 39.7 Å². The Balaban J connectivity index is 1.85. The number of nitrogens with zero attached hydrogens (tertiary/aromatic N) is 1. The molecule has 31 heavy (non-hydrogen) atoms. The van der Waals surface area contributed by atoms with Crippen LogP contribution in [-0.2, 0) is 0 Å². The van der Waals surface area contributed by atoms with Gasteiger partial charge in [0.25, 0.3) is 0 Å². The molecular weight excluding hydrogens is 382 g/mol. The second-order valence-corrected chi connectivity index (χ2v) is 8.07. The quantitative estimate of drug-likeness (QED) is 0.356. The van der Waals surface area contributed by atoms with E-state index in [4.69, 9.17) is 0 Å². The molecule has 0 atom stereocenters. The number of fused-ring (bicyclic) bond motifs is 2. The minimum absolute atomic E-state index is 0.233. The fourth-order valence-corrected chi connectivity index (χ4v) is 4.46. The van der Waals surface area contributed by atoms with Crippen molar-refractivity contribution < 1.29 is 10.2 Å². The van der Waals surface area contributed by atoms with Crippen LogP contribution in [0.3, 0.4) is 0 Å². The Bertz CT molecular complexity index is 1350. The van der Waals surface area contributed by atoms with Gasteiger partial charge in [-0.05, 0) is 35.7 Å². The highest BCUT2D eigenvalue weighted by Gasteiger charge is 2.26. The molecule has 0 fully saturated rings. The van der Waals surface area contributed by atoms with E-state index in [9.17, 15) is 10.2 Å². The molecule has 0 aliphatic rings. The Labute approximate surface area is 181 Å². The molecule has 3 heteroatoms. The first-order valence-corrected chi connectivity index (χ1v) is 10.4. The Morgan fingerprint density at radius 2 is 1.16 bits per heavy atom. The van der Waals surface area contributed by atoms with Crippen molar-refractivity contribution in [2.24, 2.45) is 0 Å². The summed E-state index contributed by atoms with van der Waals surface area (Å²) in [4.78, 5) is 4.57. The van der Waals surface area contributed by atoms with Gasteiger partial charge in [-0.2, -0.15) is 0 Å². The van der Waals surface area contributed by atoms with Gasteiger partial charge in [-0.25, -0.2) is 0 Å². The highest BCUT2D eigenvalue weighted by atomic mass is 16.3. The van der Waals surface area contributed by atoms with Crippen molar-refractivity contribution in [3.8, 4) is 11.5 Å². The van der Waals surface area contributed by atoms with Crippen LogP contribution in [0.2, 0.25) is 0 Å². The SMILES string of the molecule is Cc1cnc(C)c(C(c2ccc3ccccc3c2O)c2ccc3ccccc3c2O)c1. The summed E-state index contributed by atoms with van der Waals surface area (Å²) < 4.78 is 0. The molecule has 0 saturated carbocycles. The molecule has 0 aliphatic heterocycles. The first kappa shape index (κ1) is 19.1. The number of aromatic hydroxyl groups is 2. The number of aromatic nitrogens is 1. The third-order valence-electron chi connectivity index (χ3n) is 6.06. The normalized spacial score (nSPS) is 11.5. The van der Waals surface area contributed by atoms with E-state index in [-0.39, 0.29) is 17.4 Å². The summed E-state index contributed by atoms with van der Waals surface area (Å²) in [6.45, 7) is 3.98. The molecule has 4 aromatic carbocycles. The second kappa shape index (κ2) is 7.44. The van der Waals surface area contributed by atoms with Gasteiger partial charge >= 0.3 is 0 Å². The van der Waals surface area contributed by atoms with E-state index < -0.39 is 0 Å². The highest BCUT2D eigenvalue weighted by Crippen LogP contribution is 2.45. The van der Waals surface area contributed by atoms with E-state index in [1.807, 2.05) is 92.8 Å². The molecule has 5 aromatic rings. The summed E-state index contributed by atoms with van der Waals surface area (Å²) in [5.74, 6) is 0.106. The van der Waals surface area contributed by atoms with E-state index in [0.29, 0.717) is 0 Å². The van der Waals surface area contributed by atoms with E-state index in [2.05, 4.69) is 11.1 Å². The summed E-state index contributed by atoms with van der Waals surface area (Å²) in [5.41, 5.74) is 4.37. The van der Waals surface area contributed by atoms with Crippen LogP contribution in [0.1, 0.15) is 33.9 Å². The average Bonchev–Trinajstić information content (AvgIpc) is 2.79. The first-order valence-electron chi connectivity index (χ1n) is 10.4. The number of phenols is 2. The maximum atomic E-state index is 11.3. The van der Waals surface area contributed by atoms with Gasteiger partial charge in [0.05, 0.1) is 0 Å². The molecule has 1 aromatic heterocycles. The molecule has 5 rings (SSSR count).